The fourth-order valence-electron chi connectivity index (χ4n) is 2.11. The molecule has 56 valence electrons. The lowest BCUT2D eigenvalue weighted by molar-refractivity contribution is 0.108. The third-order valence-corrected chi connectivity index (χ3v) is 2.77. The second-order valence-electron chi connectivity index (χ2n) is 3.85. The maximum absolute atomic E-state index is 5.63. The van der Waals surface area contributed by atoms with Crippen LogP contribution in [0, 0.1) is 0 Å². The van der Waals surface area contributed by atoms with Crippen LogP contribution in [0.15, 0.2) is 0 Å². The lowest BCUT2D eigenvalue weighted by Crippen LogP contribution is -2.36. The van der Waals surface area contributed by atoms with Gasteiger partial charge in [0.1, 0.15) is 0 Å². The zero-order chi connectivity index (χ0) is 7.19. The molecule has 2 aliphatic rings. The second kappa shape index (κ2) is 1.99. The minimum Gasteiger partial charge on any atom is -0.417 e. The molecule has 0 N–H and O–H groups in total. The fraction of sp³-hybridized carbons (Fsp3) is 1.00. The van der Waals surface area contributed by atoms with E-state index in [9.17, 15) is 0 Å². The van der Waals surface area contributed by atoms with E-state index in [-0.39, 0.29) is 5.60 Å². The normalized spacial score (nSPS) is 37.6. The zero-order valence-corrected chi connectivity index (χ0v) is 6.76. The Morgan fingerprint density at radius 3 is 3.10 bits per heavy atom. The van der Waals surface area contributed by atoms with Crippen molar-refractivity contribution in [1.82, 2.24) is 4.81 Å². The zero-order valence-electron chi connectivity index (χ0n) is 6.76. The highest BCUT2D eigenvalue weighted by atomic mass is 16.5. The van der Waals surface area contributed by atoms with Crippen molar-refractivity contribution >= 4 is 7.62 Å². The first kappa shape index (κ1) is 6.68. The van der Waals surface area contributed by atoms with Crippen molar-refractivity contribution in [3.05, 3.63) is 0 Å². The fourth-order valence-corrected chi connectivity index (χ4v) is 2.11. The first-order valence-corrected chi connectivity index (χ1v) is 4.08. The van der Waals surface area contributed by atoms with Gasteiger partial charge < -0.3 is 9.47 Å². The summed E-state index contributed by atoms with van der Waals surface area (Å²) in [6, 6.07) is 0.701. The minimum atomic E-state index is 0.122. The first-order chi connectivity index (χ1) is 4.70. The van der Waals surface area contributed by atoms with E-state index < -0.39 is 0 Å². The molecule has 2 heterocycles. The Labute approximate surface area is 62.8 Å². The van der Waals surface area contributed by atoms with Crippen LogP contribution in [0.5, 0.6) is 0 Å². The maximum atomic E-state index is 5.63. The van der Waals surface area contributed by atoms with E-state index in [4.69, 9.17) is 4.65 Å². The van der Waals surface area contributed by atoms with Gasteiger partial charge in [-0.3, -0.25) is 0 Å². The molecule has 0 unspecified atom stereocenters. The molecular formula is C7H14BNO. The predicted molar refractivity (Wildman–Crippen MR) is 42.0 cm³/mol. The Balaban J connectivity index is 2.16. The third-order valence-electron chi connectivity index (χ3n) is 2.77. The average Bonchev–Trinajstić information content (AvgIpc) is 2.36. The summed E-state index contributed by atoms with van der Waals surface area (Å²) < 4.78 is 5.63. The molecule has 2 rings (SSSR count). The quantitative estimate of drug-likeness (QED) is 0.454. The second-order valence-corrected chi connectivity index (χ2v) is 3.85. The molecule has 0 saturated carbocycles. The van der Waals surface area contributed by atoms with Crippen LogP contribution in [0.25, 0.3) is 0 Å². The predicted octanol–water partition coefficient (Wildman–Crippen LogP) is 0.526. The largest absolute Gasteiger partial charge is 0.417 e. The molecule has 0 radical (unpaired) electrons. The summed E-state index contributed by atoms with van der Waals surface area (Å²) in [6.07, 6.45) is 2.68. The third kappa shape index (κ3) is 0.806. The molecule has 10 heavy (non-hydrogen) atoms. The smallest absolute Gasteiger partial charge is 0.364 e. The van der Waals surface area contributed by atoms with Gasteiger partial charge in [0.15, 0.2) is 0 Å². The molecule has 3 heteroatoms. The number of hydrogen-bond donors (Lipinski definition) is 0. The van der Waals surface area contributed by atoms with Crippen LogP contribution >= 0.6 is 0 Å². The highest BCUT2D eigenvalue weighted by Crippen LogP contribution is 2.33. The summed E-state index contributed by atoms with van der Waals surface area (Å²) in [5, 5.41) is 0. The summed E-state index contributed by atoms with van der Waals surface area (Å²) in [7, 11) is 0.859. The van der Waals surface area contributed by atoms with Crippen LogP contribution in [0.4, 0.5) is 0 Å². The first-order valence-electron chi connectivity index (χ1n) is 4.08. The molecular weight excluding hydrogens is 125 g/mol. The highest BCUT2D eigenvalue weighted by molar-refractivity contribution is 6.25. The van der Waals surface area contributed by atoms with Crippen LogP contribution in [-0.2, 0) is 4.65 Å². The highest BCUT2D eigenvalue weighted by Gasteiger charge is 2.44. The van der Waals surface area contributed by atoms with Crippen LogP contribution in [0.2, 0.25) is 0 Å². The van der Waals surface area contributed by atoms with E-state index in [1.165, 1.54) is 19.4 Å². The minimum absolute atomic E-state index is 0.122. The van der Waals surface area contributed by atoms with Crippen molar-refractivity contribution in [1.29, 1.82) is 0 Å². The lowest BCUT2D eigenvalue weighted by atomic mass is 9.98. The average molecular weight is 139 g/mol. The van der Waals surface area contributed by atoms with Gasteiger partial charge in [0, 0.05) is 6.04 Å². The molecule has 2 fully saturated rings. The topological polar surface area (TPSA) is 12.5 Å². The number of rotatable bonds is 0. The molecule has 0 amide bonds. The molecule has 2 nitrogen and oxygen atoms in total. The molecule has 0 aromatic rings. The maximum Gasteiger partial charge on any atom is 0.364 e. The number of nitrogens with zero attached hydrogens (tertiary/aromatic N) is 1. The lowest BCUT2D eigenvalue weighted by Gasteiger charge is -2.25. The van der Waals surface area contributed by atoms with Gasteiger partial charge >= 0.3 is 7.62 Å². The van der Waals surface area contributed by atoms with Gasteiger partial charge in [0.05, 0.1) is 5.60 Å². The van der Waals surface area contributed by atoms with E-state index in [1.807, 2.05) is 0 Å². The summed E-state index contributed by atoms with van der Waals surface area (Å²) in [4.78, 5) is 2.44. The Morgan fingerprint density at radius 2 is 2.40 bits per heavy atom. The van der Waals surface area contributed by atoms with Gasteiger partial charge in [-0.2, -0.15) is 0 Å². The Hall–Kier alpha value is -0.0151. The summed E-state index contributed by atoms with van der Waals surface area (Å²) >= 11 is 0. The van der Waals surface area contributed by atoms with Gasteiger partial charge in [-0.25, -0.2) is 0 Å². The molecule has 2 saturated heterocycles. The molecule has 1 atom stereocenters. The molecule has 2 aliphatic heterocycles. The van der Waals surface area contributed by atoms with E-state index in [0.717, 1.165) is 7.62 Å². The number of fused-ring (bicyclic) bond motifs is 1. The van der Waals surface area contributed by atoms with Crippen LogP contribution in [0.3, 0.4) is 0 Å². The van der Waals surface area contributed by atoms with Crippen molar-refractivity contribution in [2.75, 3.05) is 6.54 Å². The van der Waals surface area contributed by atoms with Gasteiger partial charge in [-0.05, 0) is 33.2 Å². The Kier molecular flexibility index (Phi) is 1.33. The number of hydrogen-bond acceptors (Lipinski definition) is 2. The standard InChI is InChI=1S/C7H14BNO/c1-7(2)6-4-3-5-9(6)8-10-7/h6,8H,3-5H2,1-2H3/t6-/m0/s1. The molecule has 0 aliphatic carbocycles. The monoisotopic (exact) mass is 139 g/mol. The molecule has 0 aromatic carbocycles. The van der Waals surface area contributed by atoms with E-state index in [1.54, 1.807) is 0 Å². The van der Waals surface area contributed by atoms with Crippen molar-refractivity contribution in [3.8, 4) is 0 Å². The van der Waals surface area contributed by atoms with Gasteiger partial charge in [0.2, 0.25) is 0 Å². The summed E-state index contributed by atoms with van der Waals surface area (Å²) in [6.45, 7) is 5.64. The van der Waals surface area contributed by atoms with Gasteiger partial charge in [-0.15, -0.1) is 0 Å². The van der Waals surface area contributed by atoms with Crippen molar-refractivity contribution in [3.63, 3.8) is 0 Å². The Bertz CT molecular complexity index is 149. The van der Waals surface area contributed by atoms with Crippen LogP contribution in [-0.4, -0.2) is 30.6 Å². The van der Waals surface area contributed by atoms with Crippen LogP contribution < -0.4 is 0 Å². The van der Waals surface area contributed by atoms with E-state index >= 15 is 0 Å². The van der Waals surface area contributed by atoms with E-state index in [2.05, 4.69) is 18.7 Å². The SMILES string of the molecule is CC1(C)OBN2CCC[C@H]21. The molecule has 0 aromatic heterocycles. The summed E-state index contributed by atoms with van der Waals surface area (Å²) in [5.74, 6) is 0. The van der Waals surface area contributed by atoms with Crippen molar-refractivity contribution in [2.45, 2.75) is 38.3 Å². The molecule has 0 spiro atoms. The van der Waals surface area contributed by atoms with Gasteiger partial charge in [0.25, 0.3) is 0 Å². The summed E-state index contributed by atoms with van der Waals surface area (Å²) in [5.41, 5.74) is 0.122. The van der Waals surface area contributed by atoms with Crippen LogP contribution in [0.1, 0.15) is 26.7 Å². The van der Waals surface area contributed by atoms with Gasteiger partial charge in [-0.1, -0.05) is 0 Å². The van der Waals surface area contributed by atoms with Crippen molar-refractivity contribution < 1.29 is 4.65 Å². The molecule has 0 bridgehead atoms. The Morgan fingerprint density at radius 1 is 1.60 bits per heavy atom. The van der Waals surface area contributed by atoms with Crippen molar-refractivity contribution in [2.24, 2.45) is 0 Å². The van der Waals surface area contributed by atoms with E-state index in [0.29, 0.717) is 6.04 Å².